The maximum Gasteiger partial charge on any atom is 0.269 e. The molecule has 0 radical (unpaired) electrons. The first kappa shape index (κ1) is 10.0. The SMILES string of the molecule is NCCSc1ccc([N+](=O)[O-])cc1. The number of hydrogen-bond donors (Lipinski definition) is 1. The Hall–Kier alpha value is -1.07. The van der Waals surface area contributed by atoms with E-state index in [0.717, 1.165) is 10.6 Å². The highest BCUT2D eigenvalue weighted by molar-refractivity contribution is 7.99. The molecule has 0 aliphatic heterocycles. The first-order chi connectivity index (χ1) is 6.24. The Morgan fingerprint density at radius 3 is 2.46 bits per heavy atom. The standard InChI is InChI=1S/C8H10N2O2S/c9-5-6-13-8-3-1-7(2-4-8)10(11)12/h1-4H,5-6,9H2. The molecule has 0 amide bonds. The average Bonchev–Trinajstić information content (AvgIpc) is 2.15. The van der Waals surface area contributed by atoms with Crippen molar-refractivity contribution in [3.63, 3.8) is 0 Å². The number of nitrogens with two attached hydrogens (primary N) is 1. The summed E-state index contributed by atoms with van der Waals surface area (Å²) in [7, 11) is 0. The van der Waals surface area contributed by atoms with Gasteiger partial charge < -0.3 is 5.73 Å². The van der Waals surface area contributed by atoms with E-state index in [-0.39, 0.29) is 5.69 Å². The Balaban J connectivity index is 2.64. The number of nitro benzene ring substituents is 1. The Morgan fingerprint density at radius 1 is 1.38 bits per heavy atom. The van der Waals surface area contributed by atoms with E-state index >= 15 is 0 Å². The number of benzene rings is 1. The third kappa shape index (κ3) is 3.04. The first-order valence-corrected chi connectivity index (χ1v) is 4.80. The Morgan fingerprint density at radius 2 is 2.00 bits per heavy atom. The highest BCUT2D eigenvalue weighted by atomic mass is 32.2. The molecule has 5 heteroatoms. The van der Waals surface area contributed by atoms with Crippen molar-refractivity contribution in [1.29, 1.82) is 0 Å². The zero-order valence-electron chi connectivity index (χ0n) is 6.97. The number of thioether (sulfide) groups is 1. The lowest BCUT2D eigenvalue weighted by Gasteiger charge is -1.97. The summed E-state index contributed by atoms with van der Waals surface area (Å²) in [6.07, 6.45) is 0. The molecule has 0 aliphatic carbocycles. The predicted octanol–water partition coefficient (Wildman–Crippen LogP) is 1.65. The molecule has 13 heavy (non-hydrogen) atoms. The fraction of sp³-hybridized carbons (Fsp3) is 0.250. The van der Waals surface area contributed by atoms with Crippen molar-refractivity contribution in [3.05, 3.63) is 34.4 Å². The molecule has 0 bridgehead atoms. The molecule has 2 N–H and O–H groups in total. The van der Waals surface area contributed by atoms with Gasteiger partial charge in [0.1, 0.15) is 0 Å². The second-order valence-corrected chi connectivity index (χ2v) is 3.56. The highest BCUT2D eigenvalue weighted by Crippen LogP contribution is 2.20. The van der Waals surface area contributed by atoms with E-state index in [0.29, 0.717) is 6.54 Å². The van der Waals surface area contributed by atoms with Crippen LogP contribution in [0.2, 0.25) is 0 Å². The third-order valence-electron chi connectivity index (χ3n) is 1.43. The van der Waals surface area contributed by atoms with E-state index in [1.807, 2.05) is 0 Å². The van der Waals surface area contributed by atoms with Crippen molar-refractivity contribution in [2.45, 2.75) is 4.90 Å². The number of nitrogens with zero attached hydrogens (tertiary/aromatic N) is 1. The zero-order valence-corrected chi connectivity index (χ0v) is 7.79. The fourth-order valence-electron chi connectivity index (χ4n) is 0.841. The van der Waals surface area contributed by atoms with Crippen LogP contribution in [0.15, 0.2) is 29.2 Å². The van der Waals surface area contributed by atoms with Crippen LogP contribution in [-0.4, -0.2) is 17.2 Å². The molecule has 1 aromatic carbocycles. The van der Waals surface area contributed by atoms with Gasteiger partial charge in [0.25, 0.3) is 5.69 Å². The molecule has 4 nitrogen and oxygen atoms in total. The summed E-state index contributed by atoms with van der Waals surface area (Å²) < 4.78 is 0. The van der Waals surface area contributed by atoms with Gasteiger partial charge in [0.2, 0.25) is 0 Å². The molecule has 0 spiro atoms. The second kappa shape index (κ2) is 4.84. The van der Waals surface area contributed by atoms with Crippen LogP contribution in [0.5, 0.6) is 0 Å². The summed E-state index contributed by atoms with van der Waals surface area (Å²) in [5.74, 6) is 0.831. The summed E-state index contributed by atoms with van der Waals surface area (Å²) in [6, 6.07) is 6.47. The van der Waals surface area contributed by atoms with E-state index in [9.17, 15) is 10.1 Å². The van der Waals surface area contributed by atoms with Crippen LogP contribution in [0.3, 0.4) is 0 Å². The maximum absolute atomic E-state index is 10.3. The third-order valence-corrected chi connectivity index (χ3v) is 2.48. The van der Waals surface area contributed by atoms with Crippen molar-refractivity contribution in [2.24, 2.45) is 5.73 Å². The minimum absolute atomic E-state index is 0.122. The highest BCUT2D eigenvalue weighted by Gasteiger charge is 2.03. The van der Waals surface area contributed by atoms with Gasteiger partial charge in [0.15, 0.2) is 0 Å². The molecule has 0 fully saturated rings. The topological polar surface area (TPSA) is 69.2 Å². The fourth-order valence-corrected chi connectivity index (χ4v) is 1.52. The summed E-state index contributed by atoms with van der Waals surface area (Å²) >= 11 is 1.59. The van der Waals surface area contributed by atoms with Crippen LogP contribution in [0.1, 0.15) is 0 Å². The van der Waals surface area contributed by atoms with Gasteiger partial charge in [-0.1, -0.05) is 0 Å². The van der Waals surface area contributed by atoms with Gasteiger partial charge in [-0.3, -0.25) is 10.1 Å². The second-order valence-electron chi connectivity index (χ2n) is 2.39. The average molecular weight is 198 g/mol. The molecular weight excluding hydrogens is 188 g/mol. The number of rotatable bonds is 4. The van der Waals surface area contributed by atoms with Crippen molar-refractivity contribution >= 4 is 17.4 Å². The van der Waals surface area contributed by atoms with E-state index in [2.05, 4.69) is 0 Å². The number of non-ortho nitro benzene ring substituents is 1. The Kier molecular flexibility index (Phi) is 3.72. The lowest BCUT2D eigenvalue weighted by atomic mass is 10.3. The van der Waals surface area contributed by atoms with Gasteiger partial charge in [-0.05, 0) is 12.1 Å². The van der Waals surface area contributed by atoms with Crippen LogP contribution in [0.25, 0.3) is 0 Å². The largest absolute Gasteiger partial charge is 0.330 e. The molecule has 0 unspecified atom stereocenters. The molecule has 1 rings (SSSR count). The van der Waals surface area contributed by atoms with Gasteiger partial charge in [-0.2, -0.15) is 0 Å². The lowest BCUT2D eigenvalue weighted by molar-refractivity contribution is -0.384. The van der Waals surface area contributed by atoms with E-state index in [1.54, 1.807) is 23.9 Å². The Bertz CT molecular complexity index is 287. The molecule has 0 saturated carbocycles. The number of nitro groups is 1. The van der Waals surface area contributed by atoms with Crippen LogP contribution in [-0.2, 0) is 0 Å². The monoisotopic (exact) mass is 198 g/mol. The van der Waals surface area contributed by atoms with Gasteiger partial charge in [0, 0.05) is 29.3 Å². The predicted molar refractivity (Wildman–Crippen MR) is 52.9 cm³/mol. The summed E-state index contributed by atoms with van der Waals surface area (Å²) in [5.41, 5.74) is 5.45. The lowest BCUT2D eigenvalue weighted by Crippen LogP contribution is -2.00. The molecule has 70 valence electrons. The van der Waals surface area contributed by atoms with Gasteiger partial charge in [-0.15, -0.1) is 11.8 Å². The van der Waals surface area contributed by atoms with E-state index in [4.69, 9.17) is 5.73 Å². The van der Waals surface area contributed by atoms with Gasteiger partial charge >= 0.3 is 0 Å². The minimum Gasteiger partial charge on any atom is -0.330 e. The maximum atomic E-state index is 10.3. The molecule has 0 heterocycles. The molecule has 0 aliphatic rings. The summed E-state index contributed by atoms with van der Waals surface area (Å²) in [5, 5.41) is 10.3. The van der Waals surface area contributed by atoms with E-state index < -0.39 is 4.92 Å². The van der Waals surface area contributed by atoms with Gasteiger partial charge in [-0.25, -0.2) is 0 Å². The zero-order chi connectivity index (χ0) is 9.68. The molecule has 0 aromatic heterocycles. The van der Waals surface area contributed by atoms with Crippen molar-refractivity contribution < 1.29 is 4.92 Å². The summed E-state index contributed by atoms with van der Waals surface area (Å²) in [6.45, 7) is 0.613. The molecule has 0 saturated heterocycles. The van der Waals surface area contributed by atoms with Crippen molar-refractivity contribution in [3.8, 4) is 0 Å². The quantitative estimate of drug-likeness (QED) is 0.453. The van der Waals surface area contributed by atoms with Crippen molar-refractivity contribution in [1.82, 2.24) is 0 Å². The van der Waals surface area contributed by atoms with Gasteiger partial charge in [0.05, 0.1) is 4.92 Å². The Labute approximate surface area is 80.3 Å². The molecule has 1 aromatic rings. The minimum atomic E-state index is -0.405. The van der Waals surface area contributed by atoms with Crippen LogP contribution >= 0.6 is 11.8 Å². The van der Waals surface area contributed by atoms with Crippen LogP contribution in [0, 0.1) is 10.1 Å². The van der Waals surface area contributed by atoms with Crippen LogP contribution < -0.4 is 5.73 Å². The van der Waals surface area contributed by atoms with E-state index in [1.165, 1.54) is 12.1 Å². The number of hydrogen-bond acceptors (Lipinski definition) is 4. The summed E-state index contributed by atoms with van der Waals surface area (Å²) in [4.78, 5) is 10.9. The molecule has 0 atom stereocenters. The van der Waals surface area contributed by atoms with Crippen LogP contribution in [0.4, 0.5) is 5.69 Å². The first-order valence-electron chi connectivity index (χ1n) is 3.81. The van der Waals surface area contributed by atoms with Crippen molar-refractivity contribution in [2.75, 3.05) is 12.3 Å². The smallest absolute Gasteiger partial charge is 0.269 e. The normalized spacial score (nSPS) is 9.92. The molecular formula is C8H10N2O2S.